The molecule has 0 amide bonds. The van der Waals surface area contributed by atoms with Gasteiger partial charge >= 0.3 is 5.97 Å². The van der Waals surface area contributed by atoms with Crippen LogP contribution in [0, 0.1) is 28.6 Å². The molecular weight excluding hydrogens is 374 g/mol. The first-order chi connectivity index (χ1) is 14.6. The molecule has 30 heavy (non-hydrogen) atoms. The van der Waals surface area contributed by atoms with E-state index in [0.717, 1.165) is 16.7 Å². The molecule has 2 N–H and O–H groups in total. The van der Waals surface area contributed by atoms with Crippen molar-refractivity contribution in [2.24, 2.45) is 5.92 Å². The summed E-state index contributed by atoms with van der Waals surface area (Å²) >= 11 is 0. The first-order valence-corrected chi connectivity index (χ1v) is 9.58. The van der Waals surface area contributed by atoms with Crippen LogP contribution < -0.4 is 5.32 Å². The van der Waals surface area contributed by atoms with Crippen molar-refractivity contribution in [2.45, 2.75) is 18.0 Å². The molecule has 0 radical (unpaired) electrons. The second-order valence-corrected chi connectivity index (χ2v) is 6.93. The minimum Gasteiger partial charge on any atom is -0.480 e. The van der Waals surface area contributed by atoms with Crippen LogP contribution in [0.25, 0.3) is 0 Å². The fraction of sp³-hybridized carbons (Fsp3) is 0.160. The molecule has 5 nitrogen and oxygen atoms in total. The van der Waals surface area contributed by atoms with Crippen molar-refractivity contribution in [3.8, 4) is 12.1 Å². The van der Waals surface area contributed by atoms with Crippen LogP contribution in [0.1, 0.15) is 23.1 Å². The summed E-state index contributed by atoms with van der Waals surface area (Å²) in [5, 5.41) is 31.7. The standard InChI is InChI=1S/C25H21N3O2/c26-17-19(18-27)16-23(24(29)30)28-25(20-10-4-1-5-11-20,21-12-6-2-7-13-21)22-14-8-3-9-15-22/h1-15,19,23,28H,16H2,(H,29,30)/t23-/m0/s1. The van der Waals surface area contributed by atoms with E-state index in [9.17, 15) is 20.4 Å². The Kier molecular flexibility index (Phi) is 6.60. The Hall–Kier alpha value is -3.93. The number of aliphatic carboxylic acids is 1. The number of nitriles is 2. The van der Waals surface area contributed by atoms with Gasteiger partial charge in [0.25, 0.3) is 0 Å². The van der Waals surface area contributed by atoms with Gasteiger partial charge in [0.15, 0.2) is 0 Å². The average molecular weight is 395 g/mol. The molecule has 0 spiro atoms. The molecule has 0 saturated carbocycles. The van der Waals surface area contributed by atoms with E-state index in [2.05, 4.69) is 5.32 Å². The highest BCUT2D eigenvalue weighted by atomic mass is 16.4. The SMILES string of the molecule is N#CC(C#N)C[C@H](NC(c1ccccc1)(c1ccccc1)c1ccccc1)C(=O)O. The van der Waals surface area contributed by atoms with Gasteiger partial charge in [-0.1, -0.05) is 91.0 Å². The normalized spacial score (nSPS) is 12.0. The van der Waals surface area contributed by atoms with Gasteiger partial charge in [-0.3, -0.25) is 10.1 Å². The van der Waals surface area contributed by atoms with Crippen molar-refractivity contribution in [1.82, 2.24) is 5.32 Å². The van der Waals surface area contributed by atoms with Gasteiger partial charge in [-0.15, -0.1) is 0 Å². The summed E-state index contributed by atoms with van der Waals surface area (Å²) in [4.78, 5) is 12.2. The topological polar surface area (TPSA) is 96.9 Å². The smallest absolute Gasteiger partial charge is 0.320 e. The minimum absolute atomic E-state index is 0.128. The quantitative estimate of drug-likeness (QED) is 0.560. The van der Waals surface area contributed by atoms with Crippen LogP contribution in [0.5, 0.6) is 0 Å². The van der Waals surface area contributed by atoms with Gasteiger partial charge in [-0.2, -0.15) is 10.5 Å². The number of rotatable bonds is 8. The molecule has 0 aliphatic rings. The number of carbonyl (C=O) groups is 1. The predicted octanol–water partition coefficient (Wildman–Crippen LogP) is 4.07. The Morgan fingerprint density at radius 3 is 1.47 bits per heavy atom. The molecular formula is C25H21N3O2. The van der Waals surface area contributed by atoms with Gasteiger partial charge in [0, 0.05) is 6.42 Å². The monoisotopic (exact) mass is 395 g/mol. The highest BCUT2D eigenvalue weighted by Gasteiger charge is 2.40. The summed E-state index contributed by atoms with van der Waals surface area (Å²) in [5.41, 5.74) is 1.60. The fourth-order valence-corrected chi connectivity index (χ4v) is 3.67. The minimum atomic E-state index is -1.12. The van der Waals surface area contributed by atoms with Crippen LogP contribution in [0.3, 0.4) is 0 Å². The van der Waals surface area contributed by atoms with E-state index < -0.39 is 23.5 Å². The fourth-order valence-electron chi connectivity index (χ4n) is 3.67. The maximum Gasteiger partial charge on any atom is 0.320 e. The largest absolute Gasteiger partial charge is 0.480 e. The molecule has 0 saturated heterocycles. The van der Waals surface area contributed by atoms with E-state index in [1.165, 1.54) is 0 Å². The molecule has 3 rings (SSSR count). The van der Waals surface area contributed by atoms with Gasteiger partial charge < -0.3 is 5.11 Å². The van der Waals surface area contributed by atoms with Gasteiger partial charge in [0.1, 0.15) is 12.0 Å². The summed E-state index contributed by atoms with van der Waals surface area (Å²) in [6.45, 7) is 0. The molecule has 1 atom stereocenters. The van der Waals surface area contributed by atoms with Crippen molar-refractivity contribution in [1.29, 1.82) is 10.5 Å². The second kappa shape index (κ2) is 9.52. The second-order valence-electron chi connectivity index (χ2n) is 6.93. The van der Waals surface area contributed by atoms with Gasteiger partial charge in [0.05, 0.1) is 17.7 Å². The van der Waals surface area contributed by atoms with Gasteiger partial charge in [-0.05, 0) is 16.7 Å². The van der Waals surface area contributed by atoms with Gasteiger partial charge in [0.2, 0.25) is 0 Å². The number of benzene rings is 3. The summed E-state index contributed by atoms with van der Waals surface area (Å²) in [7, 11) is 0. The molecule has 3 aromatic carbocycles. The Bertz CT molecular complexity index is 944. The zero-order valence-corrected chi connectivity index (χ0v) is 16.3. The van der Waals surface area contributed by atoms with E-state index in [1.807, 2.05) is 103 Å². The summed E-state index contributed by atoms with van der Waals surface area (Å²) in [5.74, 6) is -2.14. The van der Waals surface area contributed by atoms with Crippen LogP contribution in [0.15, 0.2) is 91.0 Å². The number of hydrogen-bond acceptors (Lipinski definition) is 4. The number of carboxylic acids is 1. The van der Waals surface area contributed by atoms with Crippen molar-refractivity contribution in [3.05, 3.63) is 108 Å². The molecule has 0 heterocycles. The Balaban J connectivity index is 2.24. The van der Waals surface area contributed by atoms with E-state index in [-0.39, 0.29) is 6.42 Å². The lowest BCUT2D eigenvalue weighted by Gasteiger charge is -2.39. The van der Waals surface area contributed by atoms with Crippen LogP contribution in [-0.2, 0) is 10.3 Å². The van der Waals surface area contributed by atoms with E-state index in [4.69, 9.17) is 0 Å². The first-order valence-electron chi connectivity index (χ1n) is 9.58. The maximum atomic E-state index is 12.2. The van der Waals surface area contributed by atoms with Crippen LogP contribution >= 0.6 is 0 Å². The van der Waals surface area contributed by atoms with Crippen molar-refractivity contribution in [3.63, 3.8) is 0 Å². The third-order valence-corrected chi connectivity index (χ3v) is 5.09. The molecule has 0 fully saturated rings. The molecule has 3 aromatic rings. The Labute approximate surface area is 175 Å². The molecule has 0 aliphatic carbocycles. The van der Waals surface area contributed by atoms with E-state index in [1.54, 1.807) is 0 Å². The molecule has 0 aliphatic heterocycles. The molecule has 0 bridgehead atoms. The molecule has 0 aromatic heterocycles. The van der Waals surface area contributed by atoms with Crippen LogP contribution in [0.4, 0.5) is 0 Å². The van der Waals surface area contributed by atoms with E-state index >= 15 is 0 Å². The van der Waals surface area contributed by atoms with Crippen molar-refractivity contribution < 1.29 is 9.90 Å². The third-order valence-electron chi connectivity index (χ3n) is 5.09. The summed E-state index contributed by atoms with van der Waals surface area (Å²) < 4.78 is 0. The Morgan fingerprint density at radius 1 is 0.800 bits per heavy atom. The lowest BCUT2D eigenvalue weighted by molar-refractivity contribution is -0.140. The Morgan fingerprint density at radius 2 is 1.17 bits per heavy atom. The highest BCUT2D eigenvalue weighted by molar-refractivity contribution is 5.74. The number of nitrogens with one attached hydrogen (secondary N) is 1. The van der Waals surface area contributed by atoms with Gasteiger partial charge in [-0.25, -0.2) is 0 Å². The van der Waals surface area contributed by atoms with Crippen molar-refractivity contribution in [2.75, 3.05) is 0 Å². The zero-order chi connectivity index (χ0) is 21.4. The van der Waals surface area contributed by atoms with E-state index in [0.29, 0.717) is 0 Å². The first kappa shape index (κ1) is 20.8. The molecule has 0 unspecified atom stereocenters. The predicted molar refractivity (Wildman–Crippen MR) is 113 cm³/mol. The maximum absolute atomic E-state index is 12.2. The average Bonchev–Trinajstić information content (AvgIpc) is 2.81. The molecule has 5 heteroatoms. The number of hydrogen-bond donors (Lipinski definition) is 2. The number of nitrogens with zero attached hydrogens (tertiary/aromatic N) is 2. The summed E-state index contributed by atoms with van der Waals surface area (Å²) in [6.07, 6.45) is -0.128. The zero-order valence-electron chi connectivity index (χ0n) is 16.3. The van der Waals surface area contributed by atoms with Crippen LogP contribution in [-0.4, -0.2) is 17.1 Å². The molecule has 148 valence electrons. The lowest BCUT2D eigenvalue weighted by atomic mass is 9.76. The van der Waals surface area contributed by atoms with Crippen molar-refractivity contribution >= 4 is 5.97 Å². The van der Waals surface area contributed by atoms with Crippen LogP contribution in [0.2, 0.25) is 0 Å². The highest BCUT2D eigenvalue weighted by Crippen LogP contribution is 2.37. The number of carboxylic acid groups (broad SMARTS) is 1. The summed E-state index contributed by atoms with van der Waals surface area (Å²) in [6, 6.07) is 31.4. The lowest BCUT2D eigenvalue weighted by Crippen LogP contribution is -2.53. The third kappa shape index (κ3) is 4.22.